The summed E-state index contributed by atoms with van der Waals surface area (Å²) in [6.07, 6.45) is 3.26. The average Bonchev–Trinajstić information content (AvgIpc) is 2.29. The van der Waals surface area contributed by atoms with E-state index in [1.54, 1.807) is 42.7 Å². The van der Waals surface area contributed by atoms with Gasteiger partial charge in [-0.1, -0.05) is 18.2 Å². The molecular formula is C12H10FNO. The van der Waals surface area contributed by atoms with Crippen LogP contribution in [-0.4, -0.2) is 4.98 Å². The van der Waals surface area contributed by atoms with Crippen LogP contribution in [0.25, 0.3) is 0 Å². The lowest BCUT2D eigenvalue weighted by molar-refractivity contribution is 0.298. The van der Waals surface area contributed by atoms with Crippen LogP contribution in [-0.2, 0) is 6.61 Å². The smallest absolute Gasteiger partial charge is 0.138 e. The molecule has 0 aliphatic heterocycles. The molecule has 0 saturated heterocycles. The van der Waals surface area contributed by atoms with E-state index in [1.807, 2.05) is 0 Å². The summed E-state index contributed by atoms with van der Waals surface area (Å²) in [6, 6.07) is 10.1. The van der Waals surface area contributed by atoms with Crippen LogP contribution in [0.4, 0.5) is 4.39 Å². The monoisotopic (exact) mass is 203 g/mol. The molecule has 0 unspecified atom stereocenters. The van der Waals surface area contributed by atoms with Gasteiger partial charge in [0.15, 0.2) is 0 Å². The zero-order valence-electron chi connectivity index (χ0n) is 8.06. The van der Waals surface area contributed by atoms with Crippen LogP contribution in [0.1, 0.15) is 5.56 Å². The van der Waals surface area contributed by atoms with Crippen molar-refractivity contribution in [1.29, 1.82) is 0 Å². The summed E-state index contributed by atoms with van der Waals surface area (Å²) in [5.74, 6) is 0.391. The number of hydrogen-bond donors (Lipinski definition) is 0. The molecular weight excluding hydrogens is 193 g/mol. The molecule has 0 amide bonds. The fourth-order valence-electron chi connectivity index (χ4n) is 1.21. The molecule has 1 aromatic carbocycles. The maximum absolute atomic E-state index is 13.2. The van der Waals surface area contributed by atoms with Gasteiger partial charge in [-0.15, -0.1) is 0 Å². The first-order valence-electron chi connectivity index (χ1n) is 4.62. The van der Waals surface area contributed by atoms with E-state index >= 15 is 0 Å². The molecule has 3 heteroatoms. The molecule has 0 aliphatic carbocycles. The minimum Gasteiger partial charge on any atom is -0.487 e. The zero-order chi connectivity index (χ0) is 10.5. The molecule has 2 nitrogen and oxygen atoms in total. The molecule has 0 radical (unpaired) electrons. The van der Waals surface area contributed by atoms with E-state index in [9.17, 15) is 4.39 Å². The number of ether oxygens (including phenoxy) is 1. The lowest BCUT2D eigenvalue weighted by Crippen LogP contribution is -1.98. The minimum atomic E-state index is -0.249. The Bertz CT molecular complexity index is 431. The Kier molecular flexibility index (Phi) is 2.93. The van der Waals surface area contributed by atoms with Crippen molar-refractivity contribution in [3.63, 3.8) is 0 Å². The molecule has 0 bridgehead atoms. The second kappa shape index (κ2) is 4.55. The number of pyridine rings is 1. The minimum absolute atomic E-state index is 0.221. The molecule has 2 rings (SSSR count). The summed E-state index contributed by atoms with van der Waals surface area (Å²) in [4.78, 5) is 3.90. The SMILES string of the molecule is Fc1ccccc1COc1cccnc1. The summed E-state index contributed by atoms with van der Waals surface area (Å²) >= 11 is 0. The summed E-state index contributed by atoms with van der Waals surface area (Å²) in [5.41, 5.74) is 0.543. The van der Waals surface area contributed by atoms with Crippen LogP contribution >= 0.6 is 0 Å². The number of nitrogens with zero attached hydrogens (tertiary/aromatic N) is 1. The van der Waals surface area contributed by atoms with Crippen molar-refractivity contribution in [2.24, 2.45) is 0 Å². The molecule has 76 valence electrons. The standard InChI is InChI=1S/C12H10FNO/c13-12-6-2-1-4-10(12)9-15-11-5-3-7-14-8-11/h1-8H,9H2. The van der Waals surface area contributed by atoms with Gasteiger partial charge in [-0.3, -0.25) is 4.98 Å². The second-order valence-electron chi connectivity index (χ2n) is 3.07. The van der Waals surface area contributed by atoms with Crippen LogP contribution in [0, 0.1) is 5.82 Å². The highest BCUT2D eigenvalue weighted by atomic mass is 19.1. The number of rotatable bonds is 3. The maximum Gasteiger partial charge on any atom is 0.138 e. The Morgan fingerprint density at radius 1 is 1.13 bits per heavy atom. The van der Waals surface area contributed by atoms with Crippen LogP contribution < -0.4 is 4.74 Å². The molecule has 0 atom stereocenters. The van der Waals surface area contributed by atoms with E-state index in [1.165, 1.54) is 6.07 Å². The van der Waals surface area contributed by atoms with Crippen LogP contribution in [0.5, 0.6) is 5.75 Å². The first-order valence-corrected chi connectivity index (χ1v) is 4.62. The Balaban J connectivity index is 2.03. The van der Waals surface area contributed by atoms with Gasteiger partial charge in [0, 0.05) is 11.8 Å². The van der Waals surface area contributed by atoms with Gasteiger partial charge in [0.25, 0.3) is 0 Å². The highest BCUT2D eigenvalue weighted by Crippen LogP contribution is 2.12. The lowest BCUT2D eigenvalue weighted by Gasteiger charge is -2.05. The third-order valence-corrected chi connectivity index (χ3v) is 1.99. The topological polar surface area (TPSA) is 22.1 Å². The summed E-state index contributed by atoms with van der Waals surface area (Å²) in [6.45, 7) is 0.221. The van der Waals surface area contributed by atoms with E-state index in [4.69, 9.17) is 4.74 Å². The van der Waals surface area contributed by atoms with Gasteiger partial charge in [0.05, 0.1) is 6.20 Å². The predicted octanol–water partition coefficient (Wildman–Crippen LogP) is 2.80. The molecule has 0 saturated carbocycles. The number of aromatic nitrogens is 1. The largest absolute Gasteiger partial charge is 0.487 e. The van der Waals surface area contributed by atoms with Crippen LogP contribution in [0.3, 0.4) is 0 Å². The Morgan fingerprint density at radius 3 is 2.73 bits per heavy atom. The highest BCUT2D eigenvalue weighted by Gasteiger charge is 2.00. The van der Waals surface area contributed by atoms with Gasteiger partial charge in [-0.05, 0) is 18.2 Å². The molecule has 2 aromatic rings. The van der Waals surface area contributed by atoms with Gasteiger partial charge < -0.3 is 4.74 Å². The van der Waals surface area contributed by atoms with Crippen molar-refractivity contribution in [1.82, 2.24) is 4.98 Å². The summed E-state index contributed by atoms with van der Waals surface area (Å²) in [7, 11) is 0. The molecule has 0 spiro atoms. The second-order valence-corrected chi connectivity index (χ2v) is 3.07. The first kappa shape index (κ1) is 9.65. The van der Waals surface area contributed by atoms with Crippen LogP contribution in [0.2, 0.25) is 0 Å². The lowest BCUT2D eigenvalue weighted by atomic mass is 10.2. The zero-order valence-corrected chi connectivity index (χ0v) is 8.06. The van der Waals surface area contributed by atoms with E-state index in [2.05, 4.69) is 4.98 Å². The van der Waals surface area contributed by atoms with Crippen molar-refractivity contribution in [2.45, 2.75) is 6.61 Å². The predicted molar refractivity (Wildman–Crippen MR) is 55.0 cm³/mol. The Morgan fingerprint density at radius 2 is 2.00 bits per heavy atom. The van der Waals surface area contributed by atoms with E-state index in [0.717, 1.165) is 0 Å². The summed E-state index contributed by atoms with van der Waals surface area (Å²) < 4.78 is 18.6. The molecule has 0 fully saturated rings. The highest BCUT2D eigenvalue weighted by molar-refractivity contribution is 5.19. The van der Waals surface area contributed by atoms with Crippen LogP contribution in [0.15, 0.2) is 48.8 Å². The third kappa shape index (κ3) is 2.53. The normalized spacial score (nSPS) is 9.93. The summed E-state index contributed by atoms with van der Waals surface area (Å²) in [5, 5.41) is 0. The van der Waals surface area contributed by atoms with Crippen molar-refractivity contribution >= 4 is 0 Å². The van der Waals surface area contributed by atoms with Gasteiger partial charge in [-0.25, -0.2) is 4.39 Å². The van der Waals surface area contributed by atoms with Crippen molar-refractivity contribution in [3.8, 4) is 5.75 Å². The van der Waals surface area contributed by atoms with Gasteiger partial charge >= 0.3 is 0 Å². The Hall–Kier alpha value is -1.90. The average molecular weight is 203 g/mol. The molecule has 0 N–H and O–H groups in total. The van der Waals surface area contributed by atoms with E-state index in [-0.39, 0.29) is 12.4 Å². The van der Waals surface area contributed by atoms with Crippen molar-refractivity contribution in [2.75, 3.05) is 0 Å². The van der Waals surface area contributed by atoms with Crippen molar-refractivity contribution in [3.05, 3.63) is 60.2 Å². The van der Waals surface area contributed by atoms with Gasteiger partial charge in [0.2, 0.25) is 0 Å². The first-order chi connectivity index (χ1) is 7.36. The van der Waals surface area contributed by atoms with Gasteiger partial charge in [0.1, 0.15) is 18.2 Å². The number of halogens is 1. The van der Waals surface area contributed by atoms with E-state index < -0.39 is 0 Å². The maximum atomic E-state index is 13.2. The van der Waals surface area contributed by atoms with Gasteiger partial charge in [-0.2, -0.15) is 0 Å². The molecule has 1 heterocycles. The quantitative estimate of drug-likeness (QED) is 0.765. The number of benzene rings is 1. The fourth-order valence-corrected chi connectivity index (χ4v) is 1.21. The fraction of sp³-hybridized carbons (Fsp3) is 0.0833. The number of hydrogen-bond acceptors (Lipinski definition) is 2. The van der Waals surface area contributed by atoms with E-state index in [0.29, 0.717) is 11.3 Å². The van der Waals surface area contributed by atoms with Crippen molar-refractivity contribution < 1.29 is 9.13 Å². The molecule has 1 aromatic heterocycles. The molecule has 0 aliphatic rings. The molecule has 15 heavy (non-hydrogen) atoms. The third-order valence-electron chi connectivity index (χ3n) is 1.99. The Labute approximate surface area is 87.4 Å².